The number of aromatic nitrogens is 1. The molecule has 1 rings (SSSR count). The molecule has 0 unspecified atom stereocenters. The standard InChI is InChI=1S/C13H23N3/c1-4-6-9-16(5-2)13-10-12(11(3)14)7-8-15-13/h7-8,10-11H,4-6,9,14H2,1-3H3/t11-/m0/s1. The summed E-state index contributed by atoms with van der Waals surface area (Å²) in [5.41, 5.74) is 7.03. The Hall–Kier alpha value is -1.09. The summed E-state index contributed by atoms with van der Waals surface area (Å²) in [6.07, 6.45) is 4.27. The Labute approximate surface area is 98.7 Å². The van der Waals surface area contributed by atoms with Crippen LogP contribution in [0.4, 0.5) is 5.82 Å². The smallest absolute Gasteiger partial charge is 0.128 e. The first-order valence-corrected chi connectivity index (χ1v) is 6.15. The van der Waals surface area contributed by atoms with Crippen LogP contribution in [-0.2, 0) is 0 Å². The third kappa shape index (κ3) is 3.49. The molecular weight excluding hydrogens is 198 g/mol. The van der Waals surface area contributed by atoms with Crippen molar-refractivity contribution in [1.82, 2.24) is 4.98 Å². The van der Waals surface area contributed by atoms with Gasteiger partial charge in [-0.2, -0.15) is 0 Å². The van der Waals surface area contributed by atoms with Crippen molar-refractivity contribution >= 4 is 5.82 Å². The van der Waals surface area contributed by atoms with E-state index in [9.17, 15) is 0 Å². The zero-order valence-corrected chi connectivity index (χ0v) is 10.6. The predicted molar refractivity (Wildman–Crippen MR) is 69.6 cm³/mol. The van der Waals surface area contributed by atoms with Crippen LogP contribution in [0.1, 0.15) is 45.2 Å². The second-order valence-corrected chi connectivity index (χ2v) is 4.17. The second kappa shape index (κ2) is 6.48. The van der Waals surface area contributed by atoms with Crippen molar-refractivity contribution in [2.24, 2.45) is 5.73 Å². The monoisotopic (exact) mass is 221 g/mol. The summed E-state index contributed by atoms with van der Waals surface area (Å²) in [5.74, 6) is 1.05. The van der Waals surface area contributed by atoms with Gasteiger partial charge >= 0.3 is 0 Å². The van der Waals surface area contributed by atoms with Crippen LogP contribution >= 0.6 is 0 Å². The number of rotatable bonds is 6. The molecule has 2 N–H and O–H groups in total. The number of anilines is 1. The van der Waals surface area contributed by atoms with E-state index in [1.165, 1.54) is 12.8 Å². The Morgan fingerprint density at radius 3 is 2.75 bits per heavy atom. The fourth-order valence-electron chi connectivity index (χ4n) is 1.67. The minimum absolute atomic E-state index is 0.0756. The SMILES string of the molecule is CCCCN(CC)c1cc([C@H](C)N)ccn1. The van der Waals surface area contributed by atoms with Crippen LogP contribution in [0.3, 0.4) is 0 Å². The molecule has 0 saturated carbocycles. The lowest BCUT2D eigenvalue weighted by atomic mass is 10.1. The molecule has 1 heterocycles. The van der Waals surface area contributed by atoms with Crippen molar-refractivity contribution in [3.8, 4) is 0 Å². The van der Waals surface area contributed by atoms with Crippen molar-refractivity contribution in [1.29, 1.82) is 0 Å². The van der Waals surface area contributed by atoms with Crippen LogP contribution < -0.4 is 10.6 Å². The molecule has 1 aromatic heterocycles. The van der Waals surface area contributed by atoms with E-state index < -0.39 is 0 Å². The second-order valence-electron chi connectivity index (χ2n) is 4.17. The van der Waals surface area contributed by atoms with E-state index in [1.807, 2.05) is 19.2 Å². The Morgan fingerprint density at radius 1 is 1.44 bits per heavy atom. The van der Waals surface area contributed by atoms with E-state index in [1.54, 1.807) is 0 Å². The van der Waals surface area contributed by atoms with Gasteiger partial charge in [-0.3, -0.25) is 0 Å². The van der Waals surface area contributed by atoms with Crippen LogP contribution in [0.25, 0.3) is 0 Å². The van der Waals surface area contributed by atoms with E-state index in [0.717, 1.165) is 24.5 Å². The molecule has 0 radical (unpaired) electrons. The summed E-state index contributed by atoms with van der Waals surface area (Å²) < 4.78 is 0. The average Bonchev–Trinajstić information content (AvgIpc) is 2.30. The number of unbranched alkanes of at least 4 members (excludes halogenated alkanes) is 1. The van der Waals surface area contributed by atoms with Crippen LogP contribution in [0, 0.1) is 0 Å². The quantitative estimate of drug-likeness (QED) is 0.803. The largest absolute Gasteiger partial charge is 0.357 e. The zero-order chi connectivity index (χ0) is 12.0. The molecule has 3 nitrogen and oxygen atoms in total. The molecular formula is C13H23N3. The molecule has 1 aromatic rings. The van der Waals surface area contributed by atoms with Crippen molar-refractivity contribution < 1.29 is 0 Å². The minimum Gasteiger partial charge on any atom is -0.357 e. The third-order valence-electron chi connectivity index (χ3n) is 2.78. The number of nitrogens with zero attached hydrogens (tertiary/aromatic N) is 2. The highest BCUT2D eigenvalue weighted by molar-refractivity contribution is 5.41. The Morgan fingerprint density at radius 2 is 2.19 bits per heavy atom. The van der Waals surface area contributed by atoms with Gasteiger partial charge in [-0.1, -0.05) is 13.3 Å². The van der Waals surface area contributed by atoms with Crippen molar-refractivity contribution in [3.63, 3.8) is 0 Å². The average molecular weight is 221 g/mol. The maximum Gasteiger partial charge on any atom is 0.128 e. The summed E-state index contributed by atoms with van der Waals surface area (Å²) in [5, 5.41) is 0. The maximum atomic E-state index is 5.88. The molecule has 3 heteroatoms. The Kier molecular flexibility index (Phi) is 5.26. The van der Waals surface area contributed by atoms with Crippen LogP contribution in [0.5, 0.6) is 0 Å². The van der Waals surface area contributed by atoms with Gasteiger partial charge in [0.1, 0.15) is 5.82 Å². The van der Waals surface area contributed by atoms with Crippen LogP contribution in [-0.4, -0.2) is 18.1 Å². The van der Waals surface area contributed by atoms with Gasteiger partial charge in [0.25, 0.3) is 0 Å². The molecule has 1 atom stereocenters. The van der Waals surface area contributed by atoms with Gasteiger partial charge in [-0.05, 0) is 38.0 Å². The molecule has 0 aliphatic carbocycles. The topological polar surface area (TPSA) is 42.1 Å². The van der Waals surface area contributed by atoms with Gasteiger partial charge in [0.2, 0.25) is 0 Å². The fraction of sp³-hybridized carbons (Fsp3) is 0.615. The molecule has 0 aliphatic rings. The number of hydrogen-bond donors (Lipinski definition) is 1. The molecule has 0 aromatic carbocycles. The minimum atomic E-state index is 0.0756. The van der Waals surface area contributed by atoms with Crippen molar-refractivity contribution in [2.75, 3.05) is 18.0 Å². The molecule has 0 saturated heterocycles. The van der Waals surface area contributed by atoms with Crippen LogP contribution in [0.2, 0.25) is 0 Å². The Bertz CT molecular complexity index is 310. The fourth-order valence-corrected chi connectivity index (χ4v) is 1.67. The third-order valence-corrected chi connectivity index (χ3v) is 2.78. The van der Waals surface area contributed by atoms with Gasteiger partial charge in [0, 0.05) is 25.3 Å². The molecule has 0 amide bonds. The number of hydrogen-bond acceptors (Lipinski definition) is 3. The van der Waals surface area contributed by atoms with E-state index in [2.05, 4.69) is 29.8 Å². The molecule has 0 aliphatic heterocycles. The summed E-state index contributed by atoms with van der Waals surface area (Å²) in [6.45, 7) is 8.44. The van der Waals surface area contributed by atoms with E-state index in [-0.39, 0.29) is 6.04 Å². The highest BCUT2D eigenvalue weighted by atomic mass is 15.2. The van der Waals surface area contributed by atoms with E-state index in [0.29, 0.717) is 0 Å². The first kappa shape index (κ1) is 13.0. The normalized spacial score (nSPS) is 12.5. The Balaban J connectivity index is 2.79. The van der Waals surface area contributed by atoms with Gasteiger partial charge in [-0.25, -0.2) is 4.98 Å². The molecule has 0 bridgehead atoms. The first-order chi connectivity index (χ1) is 7.69. The first-order valence-electron chi connectivity index (χ1n) is 6.15. The van der Waals surface area contributed by atoms with Crippen LogP contribution in [0.15, 0.2) is 18.3 Å². The predicted octanol–water partition coefficient (Wildman–Crippen LogP) is 2.73. The molecule has 90 valence electrons. The summed E-state index contributed by atoms with van der Waals surface area (Å²) in [7, 11) is 0. The van der Waals surface area contributed by atoms with Gasteiger partial charge in [0.15, 0.2) is 0 Å². The van der Waals surface area contributed by atoms with Gasteiger partial charge in [0.05, 0.1) is 0 Å². The van der Waals surface area contributed by atoms with Crippen molar-refractivity contribution in [2.45, 2.75) is 39.7 Å². The number of nitrogens with two attached hydrogens (primary N) is 1. The zero-order valence-electron chi connectivity index (χ0n) is 10.6. The molecule has 16 heavy (non-hydrogen) atoms. The maximum absolute atomic E-state index is 5.88. The molecule has 0 spiro atoms. The molecule has 0 fully saturated rings. The lowest BCUT2D eigenvalue weighted by molar-refractivity contribution is 0.721. The number of pyridine rings is 1. The van der Waals surface area contributed by atoms with Gasteiger partial charge in [-0.15, -0.1) is 0 Å². The summed E-state index contributed by atoms with van der Waals surface area (Å²) >= 11 is 0. The van der Waals surface area contributed by atoms with Crippen molar-refractivity contribution in [3.05, 3.63) is 23.9 Å². The summed E-state index contributed by atoms with van der Waals surface area (Å²) in [4.78, 5) is 6.72. The highest BCUT2D eigenvalue weighted by Crippen LogP contribution is 2.16. The summed E-state index contributed by atoms with van der Waals surface area (Å²) in [6, 6.07) is 4.16. The lowest BCUT2D eigenvalue weighted by Crippen LogP contribution is -2.25. The van der Waals surface area contributed by atoms with E-state index >= 15 is 0 Å². The van der Waals surface area contributed by atoms with E-state index in [4.69, 9.17) is 5.73 Å². The highest BCUT2D eigenvalue weighted by Gasteiger charge is 2.07. The van der Waals surface area contributed by atoms with Gasteiger partial charge < -0.3 is 10.6 Å². The lowest BCUT2D eigenvalue weighted by Gasteiger charge is -2.22.